The van der Waals surface area contributed by atoms with Gasteiger partial charge < -0.3 is 5.32 Å². The first kappa shape index (κ1) is 15.4. The van der Waals surface area contributed by atoms with E-state index in [1.807, 2.05) is 0 Å². The second kappa shape index (κ2) is 5.98. The van der Waals surface area contributed by atoms with Crippen LogP contribution in [-0.4, -0.2) is 25.9 Å². The molecule has 0 radical (unpaired) electrons. The molecule has 0 saturated carbocycles. The number of aryl methyl sites for hydroxylation is 1. The summed E-state index contributed by atoms with van der Waals surface area (Å²) in [6.07, 6.45) is 1.45. The molecule has 0 atom stereocenters. The van der Waals surface area contributed by atoms with Crippen LogP contribution in [0.25, 0.3) is 0 Å². The maximum atomic E-state index is 12.3. The fraction of sp³-hybridized carbons (Fsp3) is 0.231. The molecule has 0 fully saturated rings. The summed E-state index contributed by atoms with van der Waals surface area (Å²) in [6.45, 7) is 0.613. The van der Waals surface area contributed by atoms with Crippen LogP contribution in [0.5, 0.6) is 0 Å². The number of hydrogen-bond donors (Lipinski definition) is 2. The Morgan fingerprint density at radius 1 is 1.27 bits per heavy atom. The number of benzene rings is 1. The first-order valence-corrected chi connectivity index (χ1v) is 9.61. The van der Waals surface area contributed by atoms with Gasteiger partial charge in [-0.05, 0) is 37.1 Å². The Balaban J connectivity index is 1.88. The van der Waals surface area contributed by atoms with Gasteiger partial charge in [-0.25, -0.2) is 13.4 Å². The third-order valence-corrected chi connectivity index (χ3v) is 6.15. The van der Waals surface area contributed by atoms with Crippen LogP contribution in [0.4, 0.5) is 5.13 Å². The Hall–Kier alpha value is -1.45. The minimum absolute atomic E-state index is 0.144. The molecule has 2 N–H and O–H groups in total. The Labute approximate surface area is 140 Å². The average molecular weight is 402 g/mol. The predicted molar refractivity (Wildman–Crippen MR) is 87.7 cm³/mol. The molecule has 22 heavy (non-hydrogen) atoms. The van der Waals surface area contributed by atoms with Crippen LogP contribution in [0.1, 0.15) is 21.8 Å². The summed E-state index contributed by atoms with van der Waals surface area (Å²) in [5.74, 6) is -0.195. The number of sulfonamides is 1. The molecule has 0 spiro atoms. The van der Waals surface area contributed by atoms with E-state index in [1.54, 1.807) is 12.1 Å². The van der Waals surface area contributed by atoms with Gasteiger partial charge in [0.1, 0.15) is 4.88 Å². The van der Waals surface area contributed by atoms with E-state index in [9.17, 15) is 13.2 Å². The molecule has 3 rings (SSSR count). The highest BCUT2D eigenvalue weighted by Crippen LogP contribution is 2.27. The van der Waals surface area contributed by atoms with Crippen LogP contribution >= 0.6 is 27.3 Å². The smallest absolute Gasteiger partial charge is 0.263 e. The van der Waals surface area contributed by atoms with Gasteiger partial charge in [0.2, 0.25) is 0 Å². The highest BCUT2D eigenvalue weighted by molar-refractivity contribution is 9.10. The van der Waals surface area contributed by atoms with Gasteiger partial charge >= 0.3 is 0 Å². The summed E-state index contributed by atoms with van der Waals surface area (Å²) in [6, 6.07) is 6.30. The number of hydrogen-bond acceptors (Lipinski definition) is 5. The molecule has 1 amide bonds. The van der Waals surface area contributed by atoms with E-state index in [2.05, 4.69) is 31.0 Å². The molecule has 0 saturated heterocycles. The number of thiazole rings is 1. The molecular formula is C13H12BrN3O3S2. The van der Waals surface area contributed by atoms with Crippen LogP contribution in [0.2, 0.25) is 0 Å². The van der Waals surface area contributed by atoms with Crippen LogP contribution in [0.15, 0.2) is 33.6 Å². The van der Waals surface area contributed by atoms with Crippen LogP contribution in [0.3, 0.4) is 0 Å². The molecule has 0 aliphatic carbocycles. The minimum atomic E-state index is -3.71. The number of nitrogens with zero attached hydrogens (tertiary/aromatic N) is 1. The van der Waals surface area contributed by atoms with Crippen LogP contribution < -0.4 is 10.0 Å². The average Bonchev–Trinajstić information content (AvgIpc) is 2.78. The van der Waals surface area contributed by atoms with Crippen molar-refractivity contribution in [3.05, 3.63) is 39.3 Å². The lowest BCUT2D eigenvalue weighted by molar-refractivity contribution is 0.0960. The summed E-state index contributed by atoms with van der Waals surface area (Å²) in [5, 5.41) is 2.98. The molecule has 1 aromatic heterocycles. The molecule has 9 heteroatoms. The van der Waals surface area contributed by atoms with Gasteiger partial charge in [-0.1, -0.05) is 27.3 Å². The van der Waals surface area contributed by atoms with Gasteiger partial charge in [0, 0.05) is 11.0 Å². The molecular weight excluding hydrogens is 390 g/mol. The van der Waals surface area contributed by atoms with Gasteiger partial charge in [0.15, 0.2) is 5.13 Å². The lowest BCUT2D eigenvalue weighted by Crippen LogP contribution is -2.21. The number of rotatable bonds is 3. The summed E-state index contributed by atoms with van der Waals surface area (Å²) in [4.78, 5) is 16.7. The van der Waals surface area contributed by atoms with E-state index >= 15 is 0 Å². The zero-order valence-electron chi connectivity index (χ0n) is 11.3. The van der Waals surface area contributed by atoms with Crippen molar-refractivity contribution in [3.63, 3.8) is 0 Å². The van der Waals surface area contributed by atoms with Crippen molar-refractivity contribution < 1.29 is 13.2 Å². The van der Waals surface area contributed by atoms with E-state index in [0.717, 1.165) is 22.2 Å². The number of anilines is 1. The van der Waals surface area contributed by atoms with E-state index in [-0.39, 0.29) is 15.9 Å². The monoisotopic (exact) mass is 401 g/mol. The van der Waals surface area contributed by atoms with Crippen molar-refractivity contribution in [3.8, 4) is 0 Å². The SMILES string of the molecule is O=C1NCCCc2nc(NS(=O)(=O)c3ccc(Br)cc3)sc21. The number of carbonyl (C=O) groups excluding carboxylic acids is 1. The summed E-state index contributed by atoms with van der Waals surface area (Å²) < 4.78 is 27.9. The summed E-state index contributed by atoms with van der Waals surface area (Å²) in [5.41, 5.74) is 0.647. The summed E-state index contributed by atoms with van der Waals surface area (Å²) >= 11 is 4.32. The second-order valence-corrected chi connectivity index (χ2v) is 8.31. The van der Waals surface area contributed by atoms with Crippen LogP contribution in [0, 0.1) is 0 Å². The van der Waals surface area contributed by atoms with Crippen molar-refractivity contribution in [1.82, 2.24) is 10.3 Å². The van der Waals surface area contributed by atoms with Gasteiger partial charge in [0.25, 0.3) is 15.9 Å². The number of halogens is 1. The Morgan fingerprint density at radius 3 is 2.73 bits per heavy atom. The van der Waals surface area contributed by atoms with Crippen molar-refractivity contribution in [2.75, 3.05) is 11.3 Å². The normalized spacial score (nSPS) is 14.9. The van der Waals surface area contributed by atoms with Crippen LogP contribution in [-0.2, 0) is 16.4 Å². The van der Waals surface area contributed by atoms with Gasteiger partial charge in [0.05, 0.1) is 10.6 Å². The van der Waals surface area contributed by atoms with E-state index < -0.39 is 10.0 Å². The first-order valence-electron chi connectivity index (χ1n) is 6.52. The van der Waals surface area contributed by atoms with Crippen molar-refractivity contribution >= 4 is 48.3 Å². The zero-order valence-corrected chi connectivity index (χ0v) is 14.5. The number of fused-ring (bicyclic) bond motifs is 1. The topological polar surface area (TPSA) is 88.2 Å². The lowest BCUT2D eigenvalue weighted by Gasteiger charge is -2.05. The van der Waals surface area contributed by atoms with E-state index in [1.165, 1.54) is 12.1 Å². The Kier molecular flexibility index (Phi) is 4.20. The molecule has 0 unspecified atom stereocenters. The third kappa shape index (κ3) is 3.16. The quantitative estimate of drug-likeness (QED) is 0.825. The first-order chi connectivity index (χ1) is 10.5. The molecule has 6 nitrogen and oxygen atoms in total. The van der Waals surface area contributed by atoms with E-state index in [4.69, 9.17) is 0 Å². The molecule has 2 heterocycles. The standard InChI is InChI=1S/C13H12BrN3O3S2/c14-8-3-5-9(6-4-8)22(19,20)17-13-16-10-2-1-7-15-12(18)11(10)21-13/h3-6H,1-2,7H2,(H,15,18)(H,16,17). The van der Waals surface area contributed by atoms with Gasteiger partial charge in [-0.15, -0.1) is 0 Å². The molecule has 0 bridgehead atoms. The fourth-order valence-electron chi connectivity index (χ4n) is 2.07. The maximum absolute atomic E-state index is 12.3. The van der Waals surface area contributed by atoms with Gasteiger partial charge in [-0.2, -0.15) is 0 Å². The Morgan fingerprint density at radius 2 is 2.00 bits per heavy atom. The highest BCUT2D eigenvalue weighted by Gasteiger charge is 2.23. The van der Waals surface area contributed by atoms with Crippen molar-refractivity contribution in [2.45, 2.75) is 17.7 Å². The second-order valence-electron chi connectivity index (χ2n) is 4.71. The highest BCUT2D eigenvalue weighted by atomic mass is 79.9. The molecule has 2 aromatic rings. The fourth-order valence-corrected chi connectivity index (χ4v) is 4.50. The molecule has 1 aliphatic rings. The molecule has 1 aromatic carbocycles. The Bertz CT molecular complexity index is 816. The van der Waals surface area contributed by atoms with E-state index in [0.29, 0.717) is 23.5 Å². The maximum Gasteiger partial charge on any atom is 0.263 e. The van der Waals surface area contributed by atoms with Crippen molar-refractivity contribution in [2.24, 2.45) is 0 Å². The molecule has 1 aliphatic heterocycles. The number of carbonyl (C=O) groups is 1. The largest absolute Gasteiger partial charge is 0.351 e. The number of aromatic nitrogens is 1. The predicted octanol–water partition coefficient (Wildman–Crippen LogP) is 2.38. The van der Waals surface area contributed by atoms with Crippen molar-refractivity contribution in [1.29, 1.82) is 0 Å². The minimum Gasteiger partial charge on any atom is -0.351 e. The summed E-state index contributed by atoms with van der Waals surface area (Å²) in [7, 11) is -3.71. The number of nitrogens with one attached hydrogen (secondary N) is 2. The van der Waals surface area contributed by atoms with Gasteiger partial charge in [-0.3, -0.25) is 9.52 Å². The number of amides is 1. The zero-order chi connectivity index (χ0) is 15.7. The lowest BCUT2D eigenvalue weighted by atomic mass is 10.2. The molecule has 116 valence electrons. The third-order valence-electron chi connectivity index (χ3n) is 3.13.